The summed E-state index contributed by atoms with van der Waals surface area (Å²) in [5.41, 5.74) is -0.185. The SMILES string of the molecule is CC12CCC(C(=O)Nc3ccc(-c4ccc(NC(=O)C56CCC(C)(C(=O)C5Br)C6(C)C)cc4)cc3)(C(Br)C1=O)C2(C)C. The van der Waals surface area contributed by atoms with E-state index in [4.69, 9.17) is 0 Å². The van der Waals surface area contributed by atoms with Crippen LogP contribution in [0.5, 0.6) is 0 Å². The van der Waals surface area contributed by atoms with Crippen LogP contribution in [0, 0.1) is 32.5 Å². The average Bonchev–Trinajstić information content (AvgIpc) is 3.39. The lowest BCUT2D eigenvalue weighted by molar-refractivity contribution is -0.131. The largest absolute Gasteiger partial charge is 0.326 e. The van der Waals surface area contributed by atoms with Crippen molar-refractivity contribution in [2.24, 2.45) is 32.5 Å². The normalized spacial score (nSPS) is 37.2. The Hall–Kier alpha value is -2.32. The maximum atomic E-state index is 13.7. The highest BCUT2D eigenvalue weighted by Gasteiger charge is 2.77. The van der Waals surface area contributed by atoms with Gasteiger partial charge in [-0.25, -0.2) is 0 Å². The van der Waals surface area contributed by atoms with Gasteiger partial charge in [0.2, 0.25) is 11.8 Å². The Balaban J connectivity index is 1.15. The lowest BCUT2D eigenvalue weighted by Gasteiger charge is -2.39. The second-order valence-electron chi connectivity index (χ2n) is 14.4. The number of halogens is 2. The van der Waals surface area contributed by atoms with Crippen LogP contribution in [-0.2, 0) is 19.2 Å². The van der Waals surface area contributed by atoms with E-state index in [1.807, 2.05) is 90.1 Å². The summed E-state index contributed by atoms with van der Waals surface area (Å²) in [6.45, 7) is 12.2. The number of fused-ring (bicyclic) bond motifs is 4. The number of amides is 2. The van der Waals surface area contributed by atoms with Gasteiger partial charge in [0.1, 0.15) is 0 Å². The second kappa shape index (κ2) is 9.10. The summed E-state index contributed by atoms with van der Waals surface area (Å²) in [5, 5.41) is 6.19. The smallest absolute Gasteiger partial charge is 0.232 e. The first kappa shape index (κ1) is 29.7. The summed E-state index contributed by atoms with van der Waals surface area (Å²) < 4.78 is 0. The molecule has 2 amide bonds. The Morgan fingerprint density at radius 3 is 1.17 bits per heavy atom. The molecule has 2 aromatic carbocycles. The van der Waals surface area contributed by atoms with Crippen molar-refractivity contribution in [1.29, 1.82) is 0 Å². The van der Waals surface area contributed by atoms with Crippen LogP contribution in [0.3, 0.4) is 0 Å². The number of ketones is 2. The number of carbonyl (C=O) groups is 4. The fourth-order valence-electron chi connectivity index (χ4n) is 8.89. The van der Waals surface area contributed by atoms with Crippen LogP contribution in [-0.4, -0.2) is 33.0 Å². The van der Waals surface area contributed by atoms with Gasteiger partial charge in [0.15, 0.2) is 11.6 Å². The van der Waals surface area contributed by atoms with E-state index in [-0.39, 0.29) is 23.4 Å². The number of anilines is 2. The van der Waals surface area contributed by atoms with Crippen LogP contribution in [0.1, 0.15) is 67.2 Å². The van der Waals surface area contributed by atoms with Crippen LogP contribution < -0.4 is 10.6 Å². The molecule has 4 fully saturated rings. The summed E-state index contributed by atoms with van der Waals surface area (Å²) in [6, 6.07) is 15.3. The Morgan fingerprint density at radius 2 is 0.905 bits per heavy atom. The molecule has 2 aromatic rings. The highest BCUT2D eigenvalue weighted by molar-refractivity contribution is 9.10. The van der Waals surface area contributed by atoms with Crippen molar-refractivity contribution in [3.63, 3.8) is 0 Å². The minimum Gasteiger partial charge on any atom is -0.326 e. The molecule has 6 atom stereocenters. The number of Topliss-reactive ketones (excluding diaryl/α,β-unsaturated/α-hetero) is 2. The molecule has 222 valence electrons. The standard InChI is InChI=1S/C34H38Br2N2O4/c1-29(2)31(5)15-17-33(29,23(35)25(31)39)27(41)37-21-11-7-19(8-12-21)20-9-13-22(14-10-20)38-28(42)34-18-16-32(6,30(34,3)4)26(40)24(34)36/h7-14,23-24H,15-18H2,1-6H3,(H,37,41)(H,38,42). The molecule has 6 nitrogen and oxygen atoms in total. The van der Waals surface area contributed by atoms with Gasteiger partial charge in [-0.2, -0.15) is 0 Å². The second-order valence-corrected chi connectivity index (χ2v) is 16.2. The molecule has 0 spiro atoms. The number of nitrogens with one attached hydrogen (secondary N) is 2. The molecule has 4 bridgehead atoms. The van der Waals surface area contributed by atoms with Gasteiger partial charge in [0.05, 0.1) is 20.5 Å². The predicted molar refractivity (Wildman–Crippen MR) is 172 cm³/mol. The van der Waals surface area contributed by atoms with E-state index in [2.05, 4.69) is 42.5 Å². The van der Waals surface area contributed by atoms with E-state index in [0.717, 1.165) is 24.0 Å². The summed E-state index contributed by atoms with van der Waals surface area (Å²) in [5.74, 6) is 0.0174. The number of hydrogen-bond acceptors (Lipinski definition) is 4. The fourth-order valence-corrected chi connectivity index (χ4v) is 11.9. The summed E-state index contributed by atoms with van der Waals surface area (Å²) >= 11 is 7.19. The molecular formula is C34H38Br2N2O4. The zero-order valence-electron chi connectivity index (χ0n) is 25.0. The highest BCUT2D eigenvalue weighted by atomic mass is 79.9. The molecule has 4 aliphatic carbocycles. The maximum Gasteiger partial charge on any atom is 0.232 e. The Bertz CT molecular complexity index is 1420. The van der Waals surface area contributed by atoms with Crippen LogP contribution >= 0.6 is 31.9 Å². The first-order valence-corrected chi connectivity index (χ1v) is 16.5. The van der Waals surface area contributed by atoms with Crippen molar-refractivity contribution in [3.05, 3.63) is 48.5 Å². The molecular weight excluding hydrogens is 660 g/mol. The van der Waals surface area contributed by atoms with Gasteiger partial charge < -0.3 is 10.6 Å². The quantitative estimate of drug-likeness (QED) is 0.316. The van der Waals surface area contributed by atoms with Crippen LogP contribution in [0.2, 0.25) is 0 Å². The zero-order chi connectivity index (χ0) is 30.7. The number of alkyl halides is 2. The van der Waals surface area contributed by atoms with Crippen molar-refractivity contribution in [3.8, 4) is 11.1 Å². The van der Waals surface area contributed by atoms with Gasteiger partial charge in [0.25, 0.3) is 0 Å². The van der Waals surface area contributed by atoms with Gasteiger partial charge in [-0.1, -0.05) is 97.7 Å². The molecule has 2 N–H and O–H groups in total. The molecule has 42 heavy (non-hydrogen) atoms. The first-order chi connectivity index (χ1) is 19.5. The van der Waals surface area contributed by atoms with Crippen molar-refractivity contribution < 1.29 is 19.2 Å². The summed E-state index contributed by atoms with van der Waals surface area (Å²) in [6.07, 6.45) is 2.79. The third kappa shape index (κ3) is 3.31. The minimum absolute atomic E-state index is 0.114. The number of hydrogen-bond donors (Lipinski definition) is 2. The number of carbonyl (C=O) groups excluding carboxylic acids is 4. The molecule has 0 aliphatic heterocycles. The Kier molecular flexibility index (Phi) is 6.44. The molecule has 6 unspecified atom stereocenters. The van der Waals surface area contributed by atoms with Crippen LogP contribution in [0.15, 0.2) is 48.5 Å². The number of rotatable bonds is 5. The summed E-state index contributed by atoms with van der Waals surface area (Å²) in [4.78, 5) is 52.5. The zero-order valence-corrected chi connectivity index (χ0v) is 28.2. The molecule has 0 heterocycles. The average molecular weight is 698 g/mol. The van der Waals surface area contributed by atoms with Gasteiger partial charge in [0, 0.05) is 22.2 Å². The predicted octanol–water partition coefficient (Wildman–Crippen LogP) is 7.55. The van der Waals surface area contributed by atoms with Crippen molar-refractivity contribution in [1.82, 2.24) is 0 Å². The van der Waals surface area contributed by atoms with Crippen LogP contribution in [0.4, 0.5) is 11.4 Å². The number of benzene rings is 2. The first-order valence-electron chi connectivity index (χ1n) is 14.7. The third-order valence-electron chi connectivity index (χ3n) is 12.9. The fraction of sp³-hybridized carbons (Fsp3) is 0.529. The van der Waals surface area contributed by atoms with Gasteiger partial charge in [-0.15, -0.1) is 0 Å². The molecule has 0 radical (unpaired) electrons. The minimum atomic E-state index is -0.787. The maximum absolute atomic E-state index is 13.7. The lowest BCUT2D eigenvalue weighted by atomic mass is 9.64. The lowest BCUT2D eigenvalue weighted by Crippen LogP contribution is -2.48. The summed E-state index contributed by atoms with van der Waals surface area (Å²) in [7, 11) is 0. The van der Waals surface area contributed by atoms with E-state index in [9.17, 15) is 19.2 Å². The molecule has 8 heteroatoms. The molecule has 4 aliphatic rings. The van der Waals surface area contributed by atoms with Crippen molar-refractivity contribution >= 4 is 66.6 Å². The van der Waals surface area contributed by atoms with E-state index < -0.39 is 42.1 Å². The van der Waals surface area contributed by atoms with Gasteiger partial charge in [-0.3, -0.25) is 19.2 Å². The van der Waals surface area contributed by atoms with E-state index in [0.29, 0.717) is 24.2 Å². The highest BCUT2D eigenvalue weighted by Crippen LogP contribution is 2.73. The van der Waals surface area contributed by atoms with E-state index in [1.165, 1.54) is 0 Å². The molecule has 6 rings (SSSR count). The molecule has 0 saturated heterocycles. The van der Waals surface area contributed by atoms with Gasteiger partial charge >= 0.3 is 0 Å². The van der Waals surface area contributed by atoms with Crippen molar-refractivity contribution in [2.45, 2.75) is 76.9 Å². The van der Waals surface area contributed by atoms with Crippen LogP contribution in [0.25, 0.3) is 11.1 Å². The molecule has 4 saturated carbocycles. The topological polar surface area (TPSA) is 92.3 Å². The van der Waals surface area contributed by atoms with E-state index in [1.54, 1.807) is 0 Å². The van der Waals surface area contributed by atoms with Crippen molar-refractivity contribution in [2.75, 3.05) is 10.6 Å². The third-order valence-corrected chi connectivity index (χ3v) is 15.3. The Labute approximate surface area is 264 Å². The van der Waals surface area contributed by atoms with E-state index >= 15 is 0 Å². The molecule has 0 aromatic heterocycles. The van der Waals surface area contributed by atoms with Gasteiger partial charge in [-0.05, 0) is 71.9 Å². The Morgan fingerprint density at radius 1 is 0.595 bits per heavy atom. The monoisotopic (exact) mass is 696 g/mol.